The number of halogens is 3. The fraction of sp³-hybridized carbons (Fsp3) is 0.259. The van der Waals surface area contributed by atoms with Crippen LogP contribution in [-0.2, 0) is 10.9 Å². The molecule has 3 rings (SSSR count). The van der Waals surface area contributed by atoms with Crippen molar-refractivity contribution in [1.29, 1.82) is 0 Å². The molecule has 0 radical (unpaired) electrons. The monoisotopic (exact) mass is 544 g/mol. The Bertz CT molecular complexity index is 1350. The van der Waals surface area contributed by atoms with E-state index in [2.05, 4.69) is 10.3 Å². The number of pyridine rings is 1. The number of nitrogens with two attached hydrogens (primary N) is 2. The number of rotatable bonds is 10. The number of hydrazine groups is 1. The molecule has 3 aromatic rings. The normalized spacial score (nSPS) is 11.7. The van der Waals surface area contributed by atoms with Gasteiger partial charge in [-0.3, -0.25) is 14.8 Å². The van der Waals surface area contributed by atoms with Gasteiger partial charge in [0.15, 0.2) is 0 Å². The minimum atomic E-state index is -4.63. The second-order valence-electron chi connectivity index (χ2n) is 8.70. The molecule has 1 aromatic heterocycles. The van der Waals surface area contributed by atoms with E-state index in [1.165, 1.54) is 54.7 Å². The summed E-state index contributed by atoms with van der Waals surface area (Å²) < 4.78 is 51.6. The third kappa shape index (κ3) is 7.39. The molecule has 39 heavy (non-hydrogen) atoms. The molecule has 0 aliphatic heterocycles. The number of carbonyl (C=O) groups excluding carboxylic acids is 1. The molecular weight excluding hydrogens is 513 g/mol. The van der Waals surface area contributed by atoms with Crippen LogP contribution in [0.25, 0.3) is 5.70 Å². The molecule has 0 unspecified atom stereocenters. The van der Waals surface area contributed by atoms with Crippen LogP contribution in [0, 0.1) is 6.92 Å². The summed E-state index contributed by atoms with van der Waals surface area (Å²) in [7, 11) is 4.52. The second-order valence-corrected chi connectivity index (χ2v) is 8.70. The first kappa shape index (κ1) is 29.3. The number of methoxy groups -OCH3 is 2. The minimum absolute atomic E-state index is 0.00221. The lowest BCUT2D eigenvalue weighted by atomic mass is 10.1. The van der Waals surface area contributed by atoms with Crippen LogP contribution < -0.4 is 31.5 Å². The van der Waals surface area contributed by atoms with Crippen LogP contribution in [0.4, 0.5) is 30.2 Å². The van der Waals surface area contributed by atoms with Gasteiger partial charge in [0.2, 0.25) is 0 Å². The zero-order chi connectivity index (χ0) is 28.7. The highest BCUT2D eigenvalue weighted by Gasteiger charge is 2.35. The number of benzene rings is 2. The van der Waals surface area contributed by atoms with Crippen molar-refractivity contribution < 1.29 is 27.4 Å². The standard InChI is InChI=1S/C27H31F3N6O3/c1-17-5-6-18(12-25(17)36(32)16-23(31)19-11-21(39-4)15-33-14-19)26(37)34-20-7-8-24(35(2)9-10-38-3)22(13-20)27(28,29)30/h5-8,11-16H,9-10,31-32H2,1-4H3,(H,34,37)/b23-16-. The van der Waals surface area contributed by atoms with E-state index in [0.29, 0.717) is 22.7 Å². The fourth-order valence-electron chi connectivity index (χ4n) is 3.74. The van der Waals surface area contributed by atoms with Crippen molar-refractivity contribution in [2.45, 2.75) is 13.1 Å². The van der Waals surface area contributed by atoms with Gasteiger partial charge in [-0.1, -0.05) is 6.07 Å². The van der Waals surface area contributed by atoms with Gasteiger partial charge < -0.3 is 25.4 Å². The molecule has 0 aliphatic rings. The molecule has 0 atom stereocenters. The van der Waals surface area contributed by atoms with Crippen LogP contribution in [0.1, 0.15) is 27.0 Å². The number of hydrogen-bond donors (Lipinski definition) is 3. The number of nitrogens with one attached hydrogen (secondary N) is 1. The molecule has 2 aromatic carbocycles. The first-order valence-electron chi connectivity index (χ1n) is 11.8. The minimum Gasteiger partial charge on any atom is -0.495 e. The maximum absolute atomic E-state index is 13.8. The molecule has 0 spiro atoms. The Morgan fingerprint density at radius 1 is 1.08 bits per heavy atom. The molecule has 1 amide bonds. The first-order valence-corrected chi connectivity index (χ1v) is 11.8. The van der Waals surface area contributed by atoms with Gasteiger partial charge in [-0.25, -0.2) is 5.84 Å². The van der Waals surface area contributed by atoms with Gasteiger partial charge >= 0.3 is 6.18 Å². The van der Waals surface area contributed by atoms with E-state index in [9.17, 15) is 18.0 Å². The number of hydrogen-bond acceptors (Lipinski definition) is 8. The van der Waals surface area contributed by atoms with Gasteiger partial charge in [0.1, 0.15) is 5.75 Å². The highest BCUT2D eigenvalue weighted by atomic mass is 19.4. The van der Waals surface area contributed by atoms with Crippen LogP contribution in [0.2, 0.25) is 0 Å². The van der Waals surface area contributed by atoms with Crippen LogP contribution in [-0.4, -0.2) is 45.3 Å². The predicted molar refractivity (Wildman–Crippen MR) is 145 cm³/mol. The molecule has 0 saturated carbocycles. The van der Waals surface area contributed by atoms with Crippen molar-refractivity contribution in [3.8, 4) is 5.75 Å². The Morgan fingerprint density at radius 2 is 1.82 bits per heavy atom. The number of likely N-dealkylation sites (N-methyl/N-ethyl adjacent to an activating group) is 1. The van der Waals surface area contributed by atoms with E-state index in [4.69, 9.17) is 21.1 Å². The van der Waals surface area contributed by atoms with Crippen molar-refractivity contribution in [1.82, 2.24) is 4.98 Å². The first-order chi connectivity index (χ1) is 18.4. The van der Waals surface area contributed by atoms with Crippen molar-refractivity contribution in [2.75, 3.05) is 49.6 Å². The van der Waals surface area contributed by atoms with Gasteiger partial charge in [0, 0.05) is 55.6 Å². The lowest BCUT2D eigenvalue weighted by Gasteiger charge is -2.24. The molecule has 0 bridgehead atoms. The zero-order valence-electron chi connectivity index (χ0n) is 22.0. The number of nitrogens with zero attached hydrogens (tertiary/aromatic N) is 3. The SMILES string of the molecule is COCCN(C)c1ccc(NC(=O)c2ccc(C)c(N(N)/C=C(\N)c3cncc(OC)c3)c2)cc1C(F)(F)F. The molecule has 12 heteroatoms. The van der Waals surface area contributed by atoms with E-state index in [1.807, 2.05) is 0 Å². The maximum Gasteiger partial charge on any atom is 0.418 e. The van der Waals surface area contributed by atoms with E-state index in [0.717, 1.165) is 11.6 Å². The molecule has 208 valence electrons. The summed E-state index contributed by atoms with van der Waals surface area (Å²) in [5.41, 5.74) is 7.55. The Hall–Kier alpha value is -4.29. The summed E-state index contributed by atoms with van der Waals surface area (Å²) in [6.45, 7) is 2.32. The third-order valence-corrected chi connectivity index (χ3v) is 5.91. The van der Waals surface area contributed by atoms with Crippen LogP contribution in [0.5, 0.6) is 5.75 Å². The Labute approximate surface area is 224 Å². The fourth-order valence-corrected chi connectivity index (χ4v) is 3.74. The second kappa shape index (κ2) is 12.5. The van der Waals surface area contributed by atoms with E-state index in [1.54, 1.807) is 38.4 Å². The van der Waals surface area contributed by atoms with Gasteiger partial charge in [0.05, 0.1) is 36.9 Å². The predicted octanol–water partition coefficient (Wildman–Crippen LogP) is 4.39. The third-order valence-electron chi connectivity index (χ3n) is 5.91. The van der Waals surface area contributed by atoms with Gasteiger partial charge in [-0.15, -0.1) is 0 Å². The summed E-state index contributed by atoms with van der Waals surface area (Å²) >= 11 is 0. The van der Waals surface area contributed by atoms with Crippen molar-refractivity contribution >= 4 is 28.7 Å². The lowest BCUT2D eigenvalue weighted by molar-refractivity contribution is -0.137. The molecule has 0 aliphatic carbocycles. The average molecular weight is 545 g/mol. The maximum atomic E-state index is 13.8. The van der Waals surface area contributed by atoms with Crippen molar-refractivity contribution in [3.63, 3.8) is 0 Å². The number of carbonyl (C=O) groups is 1. The summed E-state index contributed by atoms with van der Waals surface area (Å²) in [5.74, 6) is 6.14. The molecule has 9 nitrogen and oxygen atoms in total. The topological polar surface area (TPSA) is 119 Å². The molecular formula is C27H31F3N6O3. The number of anilines is 3. The smallest absolute Gasteiger partial charge is 0.418 e. The number of aromatic nitrogens is 1. The van der Waals surface area contributed by atoms with Gasteiger partial charge in [0.25, 0.3) is 5.91 Å². The average Bonchev–Trinajstić information content (AvgIpc) is 2.91. The Kier molecular flexibility index (Phi) is 9.38. The summed E-state index contributed by atoms with van der Waals surface area (Å²) in [5, 5.41) is 3.80. The molecule has 5 N–H and O–H groups in total. The zero-order valence-corrected chi connectivity index (χ0v) is 22.0. The number of amides is 1. The van der Waals surface area contributed by atoms with Gasteiger partial charge in [-0.2, -0.15) is 13.2 Å². The molecule has 0 fully saturated rings. The number of ether oxygens (including phenoxy) is 2. The van der Waals surface area contributed by atoms with Crippen LogP contribution in [0.3, 0.4) is 0 Å². The largest absolute Gasteiger partial charge is 0.495 e. The molecule has 0 saturated heterocycles. The summed E-state index contributed by atoms with van der Waals surface area (Å²) in [6.07, 6.45) is -0.0726. The van der Waals surface area contributed by atoms with E-state index < -0.39 is 17.6 Å². The van der Waals surface area contributed by atoms with E-state index in [-0.39, 0.29) is 30.1 Å². The number of aryl methyl sites for hydroxylation is 1. The van der Waals surface area contributed by atoms with Crippen LogP contribution >= 0.6 is 0 Å². The Morgan fingerprint density at radius 3 is 2.49 bits per heavy atom. The van der Waals surface area contributed by atoms with Crippen molar-refractivity contribution in [2.24, 2.45) is 11.6 Å². The van der Waals surface area contributed by atoms with Gasteiger partial charge in [-0.05, 0) is 48.9 Å². The van der Waals surface area contributed by atoms with Crippen molar-refractivity contribution in [3.05, 3.63) is 83.3 Å². The van der Waals surface area contributed by atoms with E-state index >= 15 is 0 Å². The highest BCUT2D eigenvalue weighted by Crippen LogP contribution is 2.38. The number of alkyl halides is 3. The summed E-state index contributed by atoms with van der Waals surface area (Å²) in [6, 6.07) is 10.1. The quantitative estimate of drug-likeness (QED) is 0.254. The van der Waals surface area contributed by atoms with Crippen LogP contribution in [0.15, 0.2) is 61.1 Å². The lowest BCUT2D eigenvalue weighted by Crippen LogP contribution is -2.27. The molecule has 1 heterocycles. The summed E-state index contributed by atoms with van der Waals surface area (Å²) in [4.78, 5) is 18.5. The Balaban J connectivity index is 1.85. The highest BCUT2D eigenvalue weighted by molar-refractivity contribution is 6.05.